The van der Waals surface area contributed by atoms with Crippen molar-refractivity contribution >= 4 is 34.2 Å². The van der Waals surface area contributed by atoms with Crippen molar-refractivity contribution in [3.8, 4) is 0 Å². The highest BCUT2D eigenvalue weighted by Crippen LogP contribution is 2.40. The Hall–Kier alpha value is -2.37. The van der Waals surface area contributed by atoms with Crippen LogP contribution in [0, 0.1) is 5.92 Å². The monoisotopic (exact) mass is 412 g/mol. The lowest BCUT2D eigenvalue weighted by molar-refractivity contribution is -0.0402. The number of benzene rings is 1. The van der Waals surface area contributed by atoms with Gasteiger partial charge in [-0.2, -0.15) is 0 Å². The van der Waals surface area contributed by atoms with E-state index in [-0.39, 0.29) is 17.1 Å². The van der Waals surface area contributed by atoms with Crippen LogP contribution in [0.25, 0.3) is 11.1 Å². The number of carbonyl (C=O) groups is 1. The summed E-state index contributed by atoms with van der Waals surface area (Å²) < 4.78 is 12.0. The Bertz CT molecular complexity index is 1100. The third-order valence-electron chi connectivity index (χ3n) is 5.30. The molecule has 29 heavy (non-hydrogen) atoms. The van der Waals surface area contributed by atoms with Crippen LogP contribution in [0.2, 0.25) is 5.02 Å². The van der Waals surface area contributed by atoms with Crippen molar-refractivity contribution in [2.24, 2.45) is 5.92 Å². The Morgan fingerprint density at radius 1 is 1.24 bits per heavy atom. The van der Waals surface area contributed by atoms with Gasteiger partial charge in [0, 0.05) is 22.6 Å². The fraction of sp³-hybridized carbons (Fsp3) is 0.391. The molecule has 4 rings (SSSR count). The summed E-state index contributed by atoms with van der Waals surface area (Å²) >= 11 is 5.94. The van der Waals surface area contributed by atoms with E-state index in [4.69, 9.17) is 31.5 Å². The second-order valence-electron chi connectivity index (χ2n) is 8.70. The minimum absolute atomic E-state index is 0.128. The van der Waals surface area contributed by atoms with Gasteiger partial charge in [0.25, 0.3) is 0 Å². The summed E-state index contributed by atoms with van der Waals surface area (Å²) in [5.74, 6) is 0.284. The van der Waals surface area contributed by atoms with E-state index in [1.807, 2.05) is 0 Å². The summed E-state index contributed by atoms with van der Waals surface area (Å²) in [4.78, 5) is 17.8. The molecule has 0 bridgehead atoms. The molecule has 1 aliphatic rings. The van der Waals surface area contributed by atoms with Crippen molar-refractivity contribution in [1.82, 2.24) is 4.98 Å². The maximum absolute atomic E-state index is 13.0. The van der Waals surface area contributed by atoms with Gasteiger partial charge in [-0.05, 0) is 56.0 Å². The third kappa shape index (κ3) is 3.65. The first-order valence-corrected chi connectivity index (χ1v) is 10.2. The molecule has 6 heteroatoms. The molecule has 0 saturated carbocycles. The molecule has 0 saturated heterocycles. The number of nitrogens with zero attached hydrogens (tertiary/aromatic N) is 1. The molecule has 0 radical (unpaired) electrons. The largest absolute Gasteiger partial charge is 0.432 e. The van der Waals surface area contributed by atoms with Crippen LogP contribution in [0.1, 0.15) is 60.6 Å². The van der Waals surface area contributed by atoms with E-state index in [0.29, 0.717) is 40.9 Å². The number of ketones is 1. The number of carbonyl (C=O) groups excluding carboxylic acids is 1. The van der Waals surface area contributed by atoms with Gasteiger partial charge in [0.1, 0.15) is 0 Å². The molecule has 1 aromatic carbocycles. The van der Waals surface area contributed by atoms with Gasteiger partial charge in [-0.15, -0.1) is 0 Å². The Kier molecular flexibility index (Phi) is 4.91. The Morgan fingerprint density at radius 3 is 2.59 bits per heavy atom. The summed E-state index contributed by atoms with van der Waals surface area (Å²) in [5.41, 5.74) is 10.5. The van der Waals surface area contributed by atoms with Crippen LogP contribution in [-0.2, 0) is 24.2 Å². The molecule has 1 aliphatic heterocycles. The van der Waals surface area contributed by atoms with Crippen molar-refractivity contribution < 1.29 is 13.9 Å². The fourth-order valence-electron chi connectivity index (χ4n) is 3.88. The number of anilines is 1. The molecule has 0 unspecified atom stereocenters. The van der Waals surface area contributed by atoms with E-state index >= 15 is 0 Å². The SMILES string of the molecule is CC(C)Cc1nc2oc(C(=O)c3ccc(Cl)cc3)c(N)c2c2c1COC(C)(C)C2. The number of pyridine rings is 1. The number of nitrogen functional groups attached to an aromatic ring is 1. The minimum Gasteiger partial charge on any atom is -0.432 e. The van der Waals surface area contributed by atoms with Crippen LogP contribution in [0.4, 0.5) is 5.69 Å². The van der Waals surface area contributed by atoms with Crippen LogP contribution in [0.3, 0.4) is 0 Å². The molecule has 152 valence electrons. The zero-order chi connectivity index (χ0) is 20.9. The van der Waals surface area contributed by atoms with Crippen molar-refractivity contribution in [2.45, 2.75) is 52.7 Å². The molecule has 0 spiro atoms. The van der Waals surface area contributed by atoms with Gasteiger partial charge in [-0.25, -0.2) is 4.98 Å². The first-order valence-electron chi connectivity index (χ1n) is 9.83. The summed E-state index contributed by atoms with van der Waals surface area (Å²) in [5, 5.41) is 1.30. The normalized spacial score (nSPS) is 15.7. The quantitative estimate of drug-likeness (QED) is 0.585. The number of rotatable bonds is 4. The molecule has 0 aliphatic carbocycles. The topological polar surface area (TPSA) is 78.4 Å². The number of nitrogens with two attached hydrogens (primary N) is 1. The Balaban J connectivity index is 1.91. The first kappa shape index (κ1) is 19.9. The van der Waals surface area contributed by atoms with E-state index in [9.17, 15) is 4.79 Å². The van der Waals surface area contributed by atoms with Gasteiger partial charge in [0.05, 0.1) is 29.0 Å². The average molecular weight is 413 g/mol. The van der Waals surface area contributed by atoms with E-state index in [1.54, 1.807) is 24.3 Å². The number of aromatic nitrogens is 1. The van der Waals surface area contributed by atoms with Crippen molar-refractivity contribution in [3.05, 3.63) is 57.4 Å². The molecule has 0 amide bonds. The van der Waals surface area contributed by atoms with E-state index < -0.39 is 0 Å². The number of hydrogen-bond donors (Lipinski definition) is 1. The highest BCUT2D eigenvalue weighted by Gasteiger charge is 2.33. The van der Waals surface area contributed by atoms with E-state index in [2.05, 4.69) is 27.7 Å². The second-order valence-corrected chi connectivity index (χ2v) is 9.14. The van der Waals surface area contributed by atoms with Crippen LogP contribution < -0.4 is 5.73 Å². The average Bonchev–Trinajstić information content (AvgIpc) is 2.97. The molecule has 2 N–H and O–H groups in total. The second kappa shape index (κ2) is 7.15. The zero-order valence-corrected chi connectivity index (χ0v) is 17.9. The van der Waals surface area contributed by atoms with Crippen molar-refractivity contribution in [3.63, 3.8) is 0 Å². The van der Waals surface area contributed by atoms with E-state index in [1.165, 1.54) is 0 Å². The first-order chi connectivity index (χ1) is 13.7. The number of hydrogen-bond acceptors (Lipinski definition) is 5. The highest BCUT2D eigenvalue weighted by molar-refractivity contribution is 6.30. The maximum Gasteiger partial charge on any atom is 0.230 e. The summed E-state index contributed by atoms with van der Waals surface area (Å²) in [6.07, 6.45) is 1.49. The summed E-state index contributed by atoms with van der Waals surface area (Å²) in [6, 6.07) is 6.69. The minimum atomic E-state index is -0.319. The number of furan rings is 1. The number of fused-ring (bicyclic) bond motifs is 3. The van der Waals surface area contributed by atoms with Crippen molar-refractivity contribution in [1.29, 1.82) is 0 Å². The molecule has 0 atom stereocenters. The van der Waals surface area contributed by atoms with Gasteiger partial charge >= 0.3 is 0 Å². The Morgan fingerprint density at radius 2 is 1.93 bits per heavy atom. The molecule has 5 nitrogen and oxygen atoms in total. The van der Waals surface area contributed by atoms with E-state index in [0.717, 1.165) is 28.6 Å². The molecule has 0 fully saturated rings. The fourth-order valence-corrected chi connectivity index (χ4v) is 4.01. The molecular weight excluding hydrogens is 388 g/mol. The van der Waals surface area contributed by atoms with Crippen molar-refractivity contribution in [2.75, 3.05) is 5.73 Å². The van der Waals surface area contributed by atoms with Crippen LogP contribution in [0.5, 0.6) is 0 Å². The van der Waals surface area contributed by atoms with Gasteiger partial charge in [-0.1, -0.05) is 25.4 Å². The third-order valence-corrected chi connectivity index (χ3v) is 5.55. The van der Waals surface area contributed by atoms with Gasteiger partial charge in [0.2, 0.25) is 17.3 Å². The molecule has 2 aromatic heterocycles. The number of halogens is 1. The standard InChI is InChI=1S/C23H25ClN2O3/c1-12(2)9-17-16-11-28-23(3,4)10-15(16)18-19(25)21(29-22(18)26-17)20(27)13-5-7-14(24)8-6-13/h5-8,12H,9-11,25H2,1-4H3. The summed E-state index contributed by atoms with van der Waals surface area (Å²) in [7, 11) is 0. The van der Waals surface area contributed by atoms with Crippen LogP contribution in [-0.4, -0.2) is 16.4 Å². The summed E-state index contributed by atoms with van der Waals surface area (Å²) in [6.45, 7) is 8.90. The lowest BCUT2D eigenvalue weighted by Gasteiger charge is -2.33. The van der Waals surface area contributed by atoms with Crippen LogP contribution in [0.15, 0.2) is 28.7 Å². The maximum atomic E-state index is 13.0. The van der Waals surface area contributed by atoms with Gasteiger partial charge in [-0.3, -0.25) is 4.79 Å². The Labute approximate surface area is 175 Å². The molecular formula is C23H25ClN2O3. The predicted molar refractivity (Wildman–Crippen MR) is 114 cm³/mol. The highest BCUT2D eigenvalue weighted by atomic mass is 35.5. The lowest BCUT2D eigenvalue weighted by atomic mass is 9.87. The smallest absolute Gasteiger partial charge is 0.230 e. The molecule has 3 aromatic rings. The zero-order valence-electron chi connectivity index (χ0n) is 17.1. The number of ether oxygens (including phenoxy) is 1. The predicted octanol–water partition coefficient (Wildman–Crippen LogP) is 5.34. The van der Waals surface area contributed by atoms with Gasteiger partial charge < -0.3 is 14.9 Å². The van der Waals surface area contributed by atoms with Crippen LogP contribution >= 0.6 is 11.6 Å². The lowest BCUT2D eigenvalue weighted by Crippen LogP contribution is -2.33. The van der Waals surface area contributed by atoms with Gasteiger partial charge in [0.15, 0.2) is 0 Å². The molecule has 3 heterocycles.